The van der Waals surface area contributed by atoms with Gasteiger partial charge in [-0.15, -0.1) is 0 Å². The van der Waals surface area contributed by atoms with E-state index < -0.39 is 5.97 Å². The van der Waals surface area contributed by atoms with E-state index in [0.717, 1.165) is 0 Å². The minimum Gasteiger partial charge on any atom is -0.305 e. The van der Waals surface area contributed by atoms with E-state index in [0.29, 0.717) is 0 Å². The molecule has 0 amide bonds. The van der Waals surface area contributed by atoms with Crippen molar-refractivity contribution >= 4 is 11.7 Å². The molecule has 2 nitrogen and oxygen atoms in total. The highest BCUT2D eigenvalue weighted by Crippen LogP contribution is 2.06. The first-order valence-corrected chi connectivity index (χ1v) is 3.83. The van der Waals surface area contributed by atoms with Gasteiger partial charge in [0.25, 0.3) is 0 Å². The summed E-state index contributed by atoms with van der Waals surface area (Å²) in [4.78, 5) is 3.75. The fourth-order valence-electron chi connectivity index (χ4n) is 0.986. The first kappa shape index (κ1) is 8.84. The molecule has 64 valence electrons. The van der Waals surface area contributed by atoms with Gasteiger partial charge in [0.05, 0.1) is 12.5 Å². The van der Waals surface area contributed by atoms with E-state index in [1.54, 1.807) is 18.2 Å². The second-order valence-corrected chi connectivity index (χ2v) is 2.58. The topological polar surface area (TPSA) is 36.2 Å². The summed E-state index contributed by atoms with van der Waals surface area (Å²) in [5.74, 6) is -0.465. The van der Waals surface area contributed by atoms with Gasteiger partial charge < -0.3 is 5.41 Å². The molecular weight excluding hydrogens is 155 g/mol. The Kier molecular flexibility index (Phi) is 2.91. The van der Waals surface area contributed by atoms with Crippen molar-refractivity contribution in [2.45, 2.75) is 19.4 Å². The SMILES string of the molecule is C/C=C/C1C=CC(=N)CC(F)=N1. The van der Waals surface area contributed by atoms with Crippen molar-refractivity contribution in [3.05, 3.63) is 24.3 Å². The summed E-state index contributed by atoms with van der Waals surface area (Å²) < 4.78 is 12.8. The summed E-state index contributed by atoms with van der Waals surface area (Å²) in [5.41, 5.74) is 0.267. The van der Waals surface area contributed by atoms with Gasteiger partial charge in [0, 0.05) is 5.71 Å². The molecule has 1 aliphatic rings. The minimum absolute atomic E-state index is 0.0184. The standard InChI is InChI=1S/C9H11FN2/c1-2-3-8-5-4-7(11)6-9(10)12-8/h2-5,8,11H,6H2,1H3/b3-2+,11-7?. The molecule has 0 bridgehead atoms. The second kappa shape index (κ2) is 3.95. The smallest absolute Gasteiger partial charge is 0.191 e. The number of hydrogen-bond donors (Lipinski definition) is 1. The Morgan fingerprint density at radius 2 is 2.50 bits per heavy atom. The molecule has 12 heavy (non-hydrogen) atoms. The van der Waals surface area contributed by atoms with Crippen LogP contribution in [0, 0.1) is 5.41 Å². The van der Waals surface area contributed by atoms with E-state index in [2.05, 4.69) is 4.99 Å². The van der Waals surface area contributed by atoms with Crippen molar-refractivity contribution < 1.29 is 4.39 Å². The number of rotatable bonds is 1. The van der Waals surface area contributed by atoms with Gasteiger partial charge in [-0.2, -0.15) is 4.39 Å². The maximum Gasteiger partial charge on any atom is 0.191 e. The zero-order valence-corrected chi connectivity index (χ0v) is 6.92. The molecular formula is C9H11FN2. The molecule has 0 aliphatic carbocycles. The largest absolute Gasteiger partial charge is 0.305 e. The summed E-state index contributed by atoms with van der Waals surface area (Å²) in [6.45, 7) is 1.86. The van der Waals surface area contributed by atoms with E-state index in [9.17, 15) is 4.39 Å². The van der Waals surface area contributed by atoms with Crippen molar-refractivity contribution in [3.8, 4) is 0 Å². The number of allylic oxidation sites excluding steroid dienone is 2. The van der Waals surface area contributed by atoms with E-state index in [1.807, 2.05) is 13.0 Å². The highest BCUT2D eigenvalue weighted by molar-refractivity contribution is 6.05. The second-order valence-electron chi connectivity index (χ2n) is 2.58. The molecule has 3 heteroatoms. The molecule has 0 saturated carbocycles. The Morgan fingerprint density at radius 1 is 1.75 bits per heavy atom. The Hall–Kier alpha value is -1.25. The summed E-state index contributed by atoms with van der Waals surface area (Å²) in [6.07, 6.45) is 6.94. The fraction of sp³-hybridized carbons (Fsp3) is 0.333. The van der Waals surface area contributed by atoms with Crippen molar-refractivity contribution in [1.29, 1.82) is 5.41 Å². The molecule has 1 atom stereocenters. The summed E-state index contributed by atoms with van der Waals surface area (Å²) >= 11 is 0. The van der Waals surface area contributed by atoms with Gasteiger partial charge in [0.1, 0.15) is 0 Å². The van der Waals surface area contributed by atoms with Crippen LogP contribution in [-0.2, 0) is 0 Å². The first-order chi connectivity index (χ1) is 5.72. The summed E-state index contributed by atoms with van der Waals surface area (Å²) in [6, 6.07) is -0.238. The number of halogens is 1. The predicted octanol–water partition coefficient (Wildman–Crippen LogP) is 2.28. The van der Waals surface area contributed by atoms with Crippen LogP contribution < -0.4 is 0 Å². The normalized spacial score (nSPS) is 24.3. The van der Waals surface area contributed by atoms with Gasteiger partial charge in [-0.3, -0.25) is 0 Å². The molecule has 1 aliphatic heterocycles. The van der Waals surface area contributed by atoms with Gasteiger partial charge in [-0.05, 0) is 13.0 Å². The average Bonchev–Trinajstić information content (AvgIpc) is 2.13. The molecule has 0 aromatic rings. The Bertz CT molecular complexity index is 264. The van der Waals surface area contributed by atoms with Crippen molar-refractivity contribution in [2.75, 3.05) is 0 Å². The third kappa shape index (κ3) is 2.42. The lowest BCUT2D eigenvalue weighted by molar-refractivity contribution is 0.770. The Labute approximate surface area is 71.0 Å². The van der Waals surface area contributed by atoms with Gasteiger partial charge in [-0.25, -0.2) is 4.99 Å². The third-order valence-electron chi connectivity index (χ3n) is 1.51. The zero-order chi connectivity index (χ0) is 8.97. The van der Waals surface area contributed by atoms with Crippen LogP contribution in [0.1, 0.15) is 13.3 Å². The van der Waals surface area contributed by atoms with Crippen LogP contribution in [0.2, 0.25) is 0 Å². The number of aliphatic imine (C=N–C) groups is 1. The lowest BCUT2D eigenvalue weighted by atomic mass is 10.2. The molecule has 1 unspecified atom stereocenters. The van der Waals surface area contributed by atoms with Crippen LogP contribution in [0.3, 0.4) is 0 Å². The Balaban J connectivity index is 2.82. The highest BCUT2D eigenvalue weighted by atomic mass is 19.1. The Morgan fingerprint density at radius 3 is 3.17 bits per heavy atom. The molecule has 0 saturated heterocycles. The predicted molar refractivity (Wildman–Crippen MR) is 48.6 cm³/mol. The van der Waals surface area contributed by atoms with E-state index in [4.69, 9.17) is 5.41 Å². The zero-order valence-electron chi connectivity index (χ0n) is 6.92. The van der Waals surface area contributed by atoms with Gasteiger partial charge >= 0.3 is 0 Å². The first-order valence-electron chi connectivity index (χ1n) is 3.83. The molecule has 0 radical (unpaired) electrons. The van der Waals surface area contributed by atoms with Gasteiger partial charge in [0.15, 0.2) is 5.97 Å². The molecule has 0 aromatic carbocycles. The lowest BCUT2D eigenvalue weighted by Crippen LogP contribution is -1.98. The maximum atomic E-state index is 12.8. The van der Waals surface area contributed by atoms with Gasteiger partial charge in [-0.1, -0.05) is 18.2 Å². The third-order valence-corrected chi connectivity index (χ3v) is 1.51. The highest BCUT2D eigenvalue weighted by Gasteiger charge is 2.07. The molecule has 0 spiro atoms. The molecule has 1 N–H and O–H groups in total. The molecule has 1 heterocycles. The average molecular weight is 166 g/mol. The number of nitrogens with zero attached hydrogens (tertiary/aromatic N) is 1. The van der Waals surface area contributed by atoms with Crippen LogP contribution in [-0.4, -0.2) is 17.7 Å². The van der Waals surface area contributed by atoms with Crippen LogP contribution >= 0.6 is 0 Å². The van der Waals surface area contributed by atoms with Crippen molar-refractivity contribution in [3.63, 3.8) is 0 Å². The van der Waals surface area contributed by atoms with Crippen LogP contribution in [0.25, 0.3) is 0 Å². The van der Waals surface area contributed by atoms with Crippen molar-refractivity contribution in [2.24, 2.45) is 4.99 Å². The molecule has 1 rings (SSSR count). The number of nitrogens with one attached hydrogen (secondary N) is 1. The van der Waals surface area contributed by atoms with E-state index in [1.165, 1.54) is 0 Å². The summed E-state index contributed by atoms with van der Waals surface area (Å²) in [7, 11) is 0. The minimum atomic E-state index is -0.465. The van der Waals surface area contributed by atoms with Gasteiger partial charge in [0.2, 0.25) is 0 Å². The summed E-state index contributed by atoms with van der Waals surface area (Å²) in [5, 5.41) is 7.25. The lowest BCUT2D eigenvalue weighted by Gasteiger charge is -1.96. The van der Waals surface area contributed by atoms with Crippen LogP contribution in [0.5, 0.6) is 0 Å². The van der Waals surface area contributed by atoms with Crippen LogP contribution in [0.15, 0.2) is 29.3 Å². The fourth-order valence-corrected chi connectivity index (χ4v) is 0.986. The van der Waals surface area contributed by atoms with Crippen molar-refractivity contribution in [1.82, 2.24) is 0 Å². The molecule has 0 fully saturated rings. The molecule has 0 aromatic heterocycles. The monoisotopic (exact) mass is 166 g/mol. The maximum absolute atomic E-state index is 12.8. The van der Waals surface area contributed by atoms with E-state index >= 15 is 0 Å². The van der Waals surface area contributed by atoms with Crippen LogP contribution in [0.4, 0.5) is 4.39 Å². The van der Waals surface area contributed by atoms with E-state index in [-0.39, 0.29) is 18.2 Å². The number of hydrogen-bond acceptors (Lipinski definition) is 2. The quantitative estimate of drug-likeness (QED) is 0.580.